The fraction of sp³-hybridized carbons (Fsp3) is 0.462. The van der Waals surface area contributed by atoms with Crippen LogP contribution < -0.4 is 9.47 Å². The lowest BCUT2D eigenvalue weighted by Gasteiger charge is -2.10. The van der Waals surface area contributed by atoms with Gasteiger partial charge in [-0.1, -0.05) is 6.92 Å². The molecule has 3 nitrogen and oxygen atoms in total. The number of carbonyl (C=O) groups is 1. The Morgan fingerprint density at radius 1 is 1.18 bits per heavy atom. The lowest BCUT2D eigenvalue weighted by Crippen LogP contribution is -1.93. The van der Waals surface area contributed by atoms with Crippen LogP contribution >= 0.6 is 11.6 Å². The fourth-order valence-corrected chi connectivity index (χ4v) is 1.22. The Labute approximate surface area is 108 Å². The van der Waals surface area contributed by atoms with Gasteiger partial charge in [-0.2, -0.15) is 0 Å². The maximum atomic E-state index is 9.58. The minimum Gasteiger partial charge on any atom is -0.496 e. The molecule has 0 atom stereocenters. The maximum absolute atomic E-state index is 9.58. The highest BCUT2D eigenvalue weighted by Crippen LogP contribution is 2.28. The molecule has 0 aliphatic carbocycles. The third-order valence-electron chi connectivity index (χ3n) is 2.17. The predicted octanol–water partition coefficient (Wildman–Crippen LogP) is 3.48. The number of ether oxygens (including phenoxy) is 2. The Bertz CT molecular complexity index is 350. The van der Waals surface area contributed by atoms with Gasteiger partial charge >= 0.3 is 0 Å². The largest absolute Gasteiger partial charge is 0.496 e. The van der Waals surface area contributed by atoms with E-state index < -0.39 is 0 Å². The van der Waals surface area contributed by atoms with Crippen LogP contribution in [0.3, 0.4) is 0 Å². The molecular weight excluding hydrogens is 240 g/mol. The Balaban J connectivity index is 0.000000437. The van der Waals surface area contributed by atoms with E-state index in [9.17, 15) is 4.79 Å². The zero-order valence-corrected chi connectivity index (χ0v) is 11.7. The Morgan fingerprint density at radius 2 is 1.53 bits per heavy atom. The summed E-state index contributed by atoms with van der Waals surface area (Å²) in [6.07, 6.45) is 0.432. The van der Waals surface area contributed by atoms with Crippen LogP contribution in [0.15, 0.2) is 12.1 Å². The van der Waals surface area contributed by atoms with Crippen molar-refractivity contribution in [1.82, 2.24) is 0 Å². The molecule has 0 aromatic heterocycles. The van der Waals surface area contributed by atoms with Crippen LogP contribution in [0.25, 0.3) is 0 Å². The summed E-state index contributed by atoms with van der Waals surface area (Å²) in [5.74, 6) is 1.76. The third-order valence-corrected chi connectivity index (χ3v) is 2.44. The zero-order chi connectivity index (χ0) is 13.4. The monoisotopic (exact) mass is 258 g/mol. The van der Waals surface area contributed by atoms with Crippen molar-refractivity contribution in [3.05, 3.63) is 23.3 Å². The molecule has 0 saturated heterocycles. The number of carbonyl (C=O) groups excluding carboxylic acids is 1. The number of benzene rings is 1. The van der Waals surface area contributed by atoms with Gasteiger partial charge in [-0.05, 0) is 43.1 Å². The summed E-state index contributed by atoms with van der Waals surface area (Å²) in [5, 5.41) is -0.273. The summed E-state index contributed by atoms with van der Waals surface area (Å²) < 4.78 is 10.4. The van der Waals surface area contributed by atoms with E-state index in [1.54, 1.807) is 21.1 Å². The summed E-state index contributed by atoms with van der Waals surface area (Å²) in [7, 11) is 3.34. The highest BCUT2D eigenvalue weighted by molar-refractivity contribution is 6.63. The predicted molar refractivity (Wildman–Crippen MR) is 70.2 cm³/mol. The SMILES string of the molecule is CCC(=O)Cl.COc1cc(C)cc(OC)c1C. The molecule has 1 aromatic carbocycles. The Morgan fingerprint density at radius 3 is 1.76 bits per heavy atom. The summed E-state index contributed by atoms with van der Waals surface area (Å²) in [6.45, 7) is 5.72. The van der Waals surface area contributed by atoms with Crippen molar-refractivity contribution in [2.45, 2.75) is 27.2 Å². The van der Waals surface area contributed by atoms with Crippen LogP contribution in [0, 0.1) is 13.8 Å². The van der Waals surface area contributed by atoms with Crippen molar-refractivity contribution >= 4 is 16.8 Å². The number of hydrogen-bond acceptors (Lipinski definition) is 3. The first-order valence-electron chi connectivity index (χ1n) is 5.33. The molecule has 1 rings (SSSR count). The molecule has 0 amide bonds. The standard InChI is InChI=1S/C10H14O2.C3H5ClO/c1-7-5-9(11-3)8(2)10(6-7)12-4;1-2-3(4)5/h5-6H,1-4H3;2H2,1H3. The maximum Gasteiger partial charge on any atom is 0.221 e. The van der Waals surface area contributed by atoms with Crippen molar-refractivity contribution in [2.24, 2.45) is 0 Å². The van der Waals surface area contributed by atoms with Crippen LogP contribution in [0.4, 0.5) is 0 Å². The van der Waals surface area contributed by atoms with E-state index in [0.29, 0.717) is 6.42 Å². The molecule has 0 fully saturated rings. The number of methoxy groups -OCH3 is 2. The van der Waals surface area contributed by atoms with Gasteiger partial charge in [-0.3, -0.25) is 4.79 Å². The van der Waals surface area contributed by atoms with Crippen molar-refractivity contribution in [1.29, 1.82) is 0 Å². The molecule has 0 aliphatic heterocycles. The number of aryl methyl sites for hydroxylation is 1. The van der Waals surface area contributed by atoms with E-state index in [1.807, 2.05) is 26.0 Å². The molecule has 0 radical (unpaired) electrons. The van der Waals surface area contributed by atoms with E-state index in [1.165, 1.54) is 0 Å². The summed E-state index contributed by atoms with van der Waals surface area (Å²) in [5.41, 5.74) is 2.19. The topological polar surface area (TPSA) is 35.5 Å². The van der Waals surface area contributed by atoms with Gasteiger partial charge < -0.3 is 9.47 Å². The highest BCUT2D eigenvalue weighted by atomic mass is 35.5. The zero-order valence-electron chi connectivity index (χ0n) is 11.0. The molecule has 17 heavy (non-hydrogen) atoms. The number of halogens is 1. The van der Waals surface area contributed by atoms with Crippen molar-refractivity contribution in [3.63, 3.8) is 0 Å². The lowest BCUT2D eigenvalue weighted by molar-refractivity contribution is -0.111. The minimum absolute atomic E-state index is 0.273. The van der Waals surface area contributed by atoms with Crippen LogP contribution in [-0.4, -0.2) is 19.5 Å². The molecule has 0 N–H and O–H groups in total. The van der Waals surface area contributed by atoms with Gasteiger partial charge in [0, 0.05) is 12.0 Å². The minimum atomic E-state index is -0.273. The molecule has 96 valence electrons. The second-order valence-corrected chi connectivity index (χ2v) is 3.92. The van der Waals surface area contributed by atoms with Crippen molar-refractivity contribution in [3.8, 4) is 11.5 Å². The van der Waals surface area contributed by atoms with Gasteiger partial charge in [0.1, 0.15) is 11.5 Å². The van der Waals surface area contributed by atoms with Gasteiger partial charge in [-0.15, -0.1) is 0 Å². The fourth-order valence-electron chi connectivity index (χ4n) is 1.22. The smallest absolute Gasteiger partial charge is 0.221 e. The molecule has 0 spiro atoms. The van der Waals surface area contributed by atoms with Gasteiger partial charge in [-0.25, -0.2) is 0 Å². The van der Waals surface area contributed by atoms with E-state index in [2.05, 4.69) is 0 Å². The Kier molecular flexibility index (Phi) is 7.39. The first-order valence-corrected chi connectivity index (χ1v) is 5.71. The van der Waals surface area contributed by atoms with Gasteiger partial charge in [0.05, 0.1) is 14.2 Å². The van der Waals surface area contributed by atoms with Gasteiger partial charge in [0.2, 0.25) is 5.24 Å². The summed E-state index contributed by atoms with van der Waals surface area (Å²) in [6, 6.07) is 4.00. The quantitative estimate of drug-likeness (QED) is 0.779. The van der Waals surface area contributed by atoms with E-state index >= 15 is 0 Å². The second-order valence-electron chi connectivity index (χ2n) is 3.50. The first kappa shape index (κ1) is 15.8. The molecule has 0 bridgehead atoms. The average molecular weight is 259 g/mol. The summed E-state index contributed by atoms with van der Waals surface area (Å²) >= 11 is 4.82. The number of rotatable bonds is 3. The lowest BCUT2D eigenvalue weighted by atomic mass is 10.1. The van der Waals surface area contributed by atoms with E-state index in [-0.39, 0.29) is 5.24 Å². The van der Waals surface area contributed by atoms with Crippen molar-refractivity contribution in [2.75, 3.05) is 14.2 Å². The Hall–Kier alpha value is -1.22. The van der Waals surface area contributed by atoms with Crippen LogP contribution in [0.1, 0.15) is 24.5 Å². The van der Waals surface area contributed by atoms with E-state index in [4.69, 9.17) is 21.1 Å². The highest BCUT2D eigenvalue weighted by Gasteiger charge is 2.05. The van der Waals surface area contributed by atoms with Crippen LogP contribution in [0.2, 0.25) is 0 Å². The van der Waals surface area contributed by atoms with Gasteiger partial charge in [0.15, 0.2) is 0 Å². The molecule has 0 saturated carbocycles. The average Bonchev–Trinajstić information content (AvgIpc) is 2.32. The molecular formula is C13H19ClO3. The molecule has 4 heteroatoms. The number of hydrogen-bond donors (Lipinski definition) is 0. The normalized spacial score (nSPS) is 9.06. The summed E-state index contributed by atoms with van der Waals surface area (Å²) in [4.78, 5) is 9.58. The first-order chi connectivity index (χ1) is 7.96. The molecule has 1 aromatic rings. The van der Waals surface area contributed by atoms with Crippen molar-refractivity contribution < 1.29 is 14.3 Å². The van der Waals surface area contributed by atoms with E-state index in [0.717, 1.165) is 22.6 Å². The van der Waals surface area contributed by atoms with Gasteiger partial charge in [0.25, 0.3) is 0 Å². The molecule has 0 unspecified atom stereocenters. The van der Waals surface area contributed by atoms with Crippen LogP contribution in [-0.2, 0) is 4.79 Å². The second kappa shape index (κ2) is 7.96. The van der Waals surface area contributed by atoms with Crippen LogP contribution in [0.5, 0.6) is 11.5 Å². The molecule has 0 heterocycles. The third kappa shape index (κ3) is 5.59. The molecule has 0 aliphatic rings.